The Bertz CT molecular complexity index is 626. The number of carbonyl (C=O) groups is 1. The highest BCUT2D eigenvalue weighted by molar-refractivity contribution is 5.74. The standard InChI is InChI=1S/C16H20N4O2/c1-12-18-15(19-22-12)10-17-16(21)20-8-7-14(11-20)9-13-5-3-2-4-6-13/h2-6,14H,7-11H2,1H3,(H,17,21). The molecule has 2 heterocycles. The number of rotatable bonds is 4. The molecule has 0 saturated carbocycles. The summed E-state index contributed by atoms with van der Waals surface area (Å²) < 4.78 is 4.88. The van der Waals surface area contributed by atoms with E-state index in [2.05, 4.69) is 39.7 Å². The number of likely N-dealkylation sites (tertiary alicyclic amines) is 1. The number of aryl methyl sites for hydroxylation is 1. The van der Waals surface area contributed by atoms with Crippen LogP contribution in [0.4, 0.5) is 4.79 Å². The van der Waals surface area contributed by atoms with Crippen LogP contribution in [0, 0.1) is 12.8 Å². The van der Waals surface area contributed by atoms with Gasteiger partial charge in [0.05, 0.1) is 6.54 Å². The lowest BCUT2D eigenvalue weighted by atomic mass is 9.99. The first kappa shape index (κ1) is 14.6. The van der Waals surface area contributed by atoms with Crippen molar-refractivity contribution >= 4 is 6.03 Å². The van der Waals surface area contributed by atoms with Crippen molar-refractivity contribution in [3.05, 3.63) is 47.6 Å². The summed E-state index contributed by atoms with van der Waals surface area (Å²) in [7, 11) is 0. The number of aromatic nitrogens is 2. The van der Waals surface area contributed by atoms with E-state index in [-0.39, 0.29) is 6.03 Å². The molecule has 116 valence electrons. The first-order valence-corrected chi connectivity index (χ1v) is 7.56. The molecule has 1 aromatic heterocycles. The molecular formula is C16H20N4O2. The van der Waals surface area contributed by atoms with Crippen molar-refractivity contribution in [2.45, 2.75) is 26.3 Å². The van der Waals surface area contributed by atoms with Crippen LogP contribution in [0.3, 0.4) is 0 Å². The predicted octanol–water partition coefficient (Wildman–Crippen LogP) is 2.15. The maximum Gasteiger partial charge on any atom is 0.317 e. The van der Waals surface area contributed by atoms with E-state index in [0.717, 1.165) is 25.9 Å². The van der Waals surface area contributed by atoms with Crippen LogP contribution in [0.1, 0.15) is 23.7 Å². The fraction of sp³-hybridized carbons (Fsp3) is 0.438. The molecule has 0 radical (unpaired) electrons. The number of nitrogens with one attached hydrogen (secondary N) is 1. The van der Waals surface area contributed by atoms with Gasteiger partial charge in [-0.3, -0.25) is 0 Å². The summed E-state index contributed by atoms with van der Waals surface area (Å²) in [5, 5.41) is 6.61. The Labute approximate surface area is 129 Å². The van der Waals surface area contributed by atoms with Crippen molar-refractivity contribution < 1.29 is 9.32 Å². The summed E-state index contributed by atoms with van der Waals surface area (Å²) >= 11 is 0. The van der Waals surface area contributed by atoms with Gasteiger partial charge in [-0.25, -0.2) is 4.79 Å². The number of amides is 2. The fourth-order valence-corrected chi connectivity index (χ4v) is 2.81. The molecule has 2 amide bonds. The minimum Gasteiger partial charge on any atom is -0.340 e. The number of nitrogens with zero attached hydrogens (tertiary/aromatic N) is 3. The van der Waals surface area contributed by atoms with E-state index in [0.29, 0.717) is 24.2 Å². The highest BCUT2D eigenvalue weighted by atomic mass is 16.5. The number of urea groups is 1. The average molecular weight is 300 g/mol. The van der Waals surface area contributed by atoms with Crippen molar-refractivity contribution in [3.63, 3.8) is 0 Å². The van der Waals surface area contributed by atoms with Gasteiger partial charge < -0.3 is 14.7 Å². The summed E-state index contributed by atoms with van der Waals surface area (Å²) in [6, 6.07) is 10.4. The van der Waals surface area contributed by atoms with Gasteiger partial charge in [0.25, 0.3) is 0 Å². The lowest BCUT2D eigenvalue weighted by Gasteiger charge is -2.16. The van der Waals surface area contributed by atoms with E-state index in [4.69, 9.17) is 4.52 Å². The van der Waals surface area contributed by atoms with Crippen molar-refractivity contribution in [2.24, 2.45) is 5.92 Å². The molecule has 1 aliphatic heterocycles. The van der Waals surface area contributed by atoms with Crippen LogP contribution >= 0.6 is 0 Å². The Morgan fingerprint density at radius 1 is 1.41 bits per heavy atom. The highest BCUT2D eigenvalue weighted by Gasteiger charge is 2.26. The first-order valence-electron chi connectivity index (χ1n) is 7.56. The zero-order chi connectivity index (χ0) is 15.4. The quantitative estimate of drug-likeness (QED) is 0.939. The van der Waals surface area contributed by atoms with E-state index in [1.807, 2.05) is 11.0 Å². The highest BCUT2D eigenvalue weighted by Crippen LogP contribution is 2.20. The third-order valence-corrected chi connectivity index (χ3v) is 3.91. The average Bonchev–Trinajstić information content (AvgIpc) is 3.15. The molecule has 1 aromatic carbocycles. The Balaban J connectivity index is 1.46. The lowest BCUT2D eigenvalue weighted by Crippen LogP contribution is -2.38. The summed E-state index contributed by atoms with van der Waals surface area (Å²) in [5.74, 6) is 1.54. The molecule has 6 heteroatoms. The molecule has 1 N–H and O–H groups in total. The third kappa shape index (κ3) is 3.63. The fourth-order valence-electron chi connectivity index (χ4n) is 2.81. The summed E-state index contributed by atoms with van der Waals surface area (Å²) in [5.41, 5.74) is 1.33. The van der Waals surface area contributed by atoms with Gasteiger partial charge >= 0.3 is 6.03 Å². The van der Waals surface area contributed by atoms with Crippen molar-refractivity contribution in [3.8, 4) is 0 Å². The molecule has 3 rings (SSSR count). The molecule has 0 bridgehead atoms. The topological polar surface area (TPSA) is 71.3 Å². The molecule has 6 nitrogen and oxygen atoms in total. The normalized spacial score (nSPS) is 17.7. The number of hydrogen-bond donors (Lipinski definition) is 1. The third-order valence-electron chi connectivity index (χ3n) is 3.91. The molecule has 22 heavy (non-hydrogen) atoms. The Morgan fingerprint density at radius 3 is 2.95 bits per heavy atom. The molecule has 1 aliphatic rings. The van der Waals surface area contributed by atoms with Gasteiger partial charge in [-0.15, -0.1) is 0 Å². The van der Waals surface area contributed by atoms with Gasteiger partial charge in [0.2, 0.25) is 5.89 Å². The monoisotopic (exact) mass is 300 g/mol. The largest absolute Gasteiger partial charge is 0.340 e. The van der Waals surface area contributed by atoms with Crippen LogP contribution in [-0.4, -0.2) is 34.2 Å². The smallest absolute Gasteiger partial charge is 0.317 e. The van der Waals surface area contributed by atoms with Crippen molar-refractivity contribution in [1.29, 1.82) is 0 Å². The molecular weight excluding hydrogens is 280 g/mol. The zero-order valence-electron chi connectivity index (χ0n) is 12.7. The maximum absolute atomic E-state index is 12.2. The summed E-state index contributed by atoms with van der Waals surface area (Å²) in [6.45, 7) is 3.63. The maximum atomic E-state index is 12.2. The van der Waals surface area contributed by atoms with Gasteiger partial charge in [-0.1, -0.05) is 35.5 Å². The molecule has 1 fully saturated rings. The molecule has 0 aliphatic carbocycles. The Hall–Kier alpha value is -2.37. The first-order chi connectivity index (χ1) is 10.7. The molecule has 0 spiro atoms. The van der Waals surface area contributed by atoms with Gasteiger partial charge in [0, 0.05) is 20.0 Å². The van der Waals surface area contributed by atoms with Crippen molar-refractivity contribution in [1.82, 2.24) is 20.4 Å². The van der Waals surface area contributed by atoms with Crippen LogP contribution in [0.25, 0.3) is 0 Å². The second-order valence-electron chi connectivity index (χ2n) is 5.68. The van der Waals surface area contributed by atoms with E-state index in [1.165, 1.54) is 5.56 Å². The predicted molar refractivity (Wildman–Crippen MR) is 81.1 cm³/mol. The minimum absolute atomic E-state index is 0.0574. The van der Waals surface area contributed by atoms with Crippen LogP contribution in [0.15, 0.2) is 34.9 Å². The van der Waals surface area contributed by atoms with Gasteiger partial charge in [0.1, 0.15) is 0 Å². The van der Waals surface area contributed by atoms with Gasteiger partial charge in [0.15, 0.2) is 5.82 Å². The van der Waals surface area contributed by atoms with Gasteiger partial charge in [-0.2, -0.15) is 4.98 Å². The zero-order valence-corrected chi connectivity index (χ0v) is 12.7. The summed E-state index contributed by atoms with van der Waals surface area (Å²) in [6.07, 6.45) is 2.07. The van der Waals surface area contributed by atoms with E-state index in [1.54, 1.807) is 6.92 Å². The number of hydrogen-bond acceptors (Lipinski definition) is 4. The van der Waals surface area contributed by atoms with Crippen LogP contribution in [0.2, 0.25) is 0 Å². The molecule has 2 aromatic rings. The number of benzene rings is 1. The second-order valence-corrected chi connectivity index (χ2v) is 5.68. The van der Waals surface area contributed by atoms with Crippen LogP contribution < -0.4 is 5.32 Å². The van der Waals surface area contributed by atoms with E-state index >= 15 is 0 Å². The van der Waals surface area contributed by atoms with Crippen LogP contribution in [-0.2, 0) is 13.0 Å². The number of carbonyl (C=O) groups excluding carboxylic acids is 1. The van der Waals surface area contributed by atoms with Gasteiger partial charge in [-0.05, 0) is 24.3 Å². The van der Waals surface area contributed by atoms with Crippen molar-refractivity contribution in [2.75, 3.05) is 13.1 Å². The molecule has 1 unspecified atom stereocenters. The Morgan fingerprint density at radius 2 is 2.23 bits per heavy atom. The lowest BCUT2D eigenvalue weighted by molar-refractivity contribution is 0.206. The SMILES string of the molecule is Cc1nc(CNC(=O)N2CCC(Cc3ccccc3)C2)no1. The molecule has 1 atom stereocenters. The van der Waals surface area contributed by atoms with E-state index < -0.39 is 0 Å². The molecule has 1 saturated heterocycles. The second kappa shape index (κ2) is 6.60. The van der Waals surface area contributed by atoms with E-state index in [9.17, 15) is 4.79 Å². The van der Waals surface area contributed by atoms with Crippen LogP contribution in [0.5, 0.6) is 0 Å². The summed E-state index contributed by atoms with van der Waals surface area (Å²) in [4.78, 5) is 18.1. The minimum atomic E-state index is -0.0574. The Kier molecular flexibility index (Phi) is 4.37.